The van der Waals surface area contributed by atoms with Crippen LogP contribution in [-0.2, 0) is 21.9 Å². The first-order valence-electron chi connectivity index (χ1n) is 4.46. The molecule has 1 heterocycles. The van der Waals surface area contributed by atoms with Crippen LogP contribution < -0.4 is 0 Å². The first kappa shape index (κ1) is 12.7. The monoisotopic (exact) mass is 247 g/mol. The summed E-state index contributed by atoms with van der Waals surface area (Å²) in [7, 11) is -0.987. The Bertz CT molecular complexity index is 493. The summed E-state index contributed by atoms with van der Waals surface area (Å²) in [6, 6.07) is -1.12. The highest BCUT2D eigenvalue weighted by Gasteiger charge is 2.30. The minimum atomic E-state index is -3.79. The Morgan fingerprint density at radius 2 is 2.19 bits per heavy atom. The van der Waals surface area contributed by atoms with Gasteiger partial charge >= 0.3 is 5.97 Å². The van der Waals surface area contributed by atoms with Crippen LogP contribution in [-0.4, -0.2) is 46.7 Å². The Balaban J connectivity index is 3.08. The topological polar surface area (TPSA) is 92.5 Å². The molecular weight excluding hydrogens is 234 g/mol. The highest BCUT2D eigenvalue weighted by molar-refractivity contribution is 7.89. The van der Waals surface area contributed by atoms with Gasteiger partial charge in [0.05, 0.1) is 6.20 Å². The quantitative estimate of drug-likeness (QED) is 0.775. The molecule has 1 N–H and O–H groups in total. The lowest BCUT2D eigenvalue weighted by molar-refractivity contribution is -0.140. The van der Waals surface area contributed by atoms with Crippen molar-refractivity contribution in [2.24, 2.45) is 7.05 Å². The molecule has 0 aliphatic rings. The van der Waals surface area contributed by atoms with Crippen LogP contribution in [0.15, 0.2) is 17.3 Å². The van der Waals surface area contributed by atoms with Gasteiger partial charge in [-0.3, -0.25) is 9.48 Å². The summed E-state index contributed by atoms with van der Waals surface area (Å²) in [5, 5.41) is 12.5. The zero-order valence-corrected chi connectivity index (χ0v) is 9.97. The molecule has 0 aliphatic heterocycles. The van der Waals surface area contributed by atoms with Crippen LogP contribution in [0, 0.1) is 0 Å². The number of hydrogen-bond acceptors (Lipinski definition) is 4. The van der Waals surface area contributed by atoms with E-state index < -0.39 is 22.0 Å². The van der Waals surface area contributed by atoms with Gasteiger partial charge in [-0.15, -0.1) is 0 Å². The molecule has 90 valence electrons. The van der Waals surface area contributed by atoms with E-state index in [9.17, 15) is 13.2 Å². The van der Waals surface area contributed by atoms with Crippen molar-refractivity contribution in [2.75, 3.05) is 7.05 Å². The summed E-state index contributed by atoms with van der Waals surface area (Å²) in [4.78, 5) is 10.7. The number of carboxylic acids is 1. The summed E-state index contributed by atoms with van der Waals surface area (Å²) in [6.45, 7) is 1.30. The summed E-state index contributed by atoms with van der Waals surface area (Å²) < 4.78 is 25.9. The second-order valence-corrected chi connectivity index (χ2v) is 5.38. The second-order valence-electron chi connectivity index (χ2n) is 3.39. The van der Waals surface area contributed by atoms with Crippen molar-refractivity contribution in [1.82, 2.24) is 14.1 Å². The van der Waals surface area contributed by atoms with E-state index in [-0.39, 0.29) is 4.90 Å². The largest absolute Gasteiger partial charge is 0.480 e. The Hall–Kier alpha value is -1.41. The summed E-state index contributed by atoms with van der Waals surface area (Å²) >= 11 is 0. The Kier molecular flexibility index (Phi) is 3.34. The molecule has 0 saturated heterocycles. The molecule has 1 rings (SSSR count). The fourth-order valence-corrected chi connectivity index (χ4v) is 2.37. The normalized spacial score (nSPS) is 14.0. The van der Waals surface area contributed by atoms with E-state index in [2.05, 4.69) is 5.10 Å². The van der Waals surface area contributed by atoms with E-state index in [4.69, 9.17) is 5.11 Å². The zero-order valence-electron chi connectivity index (χ0n) is 9.15. The molecule has 0 aliphatic carbocycles. The third kappa shape index (κ3) is 2.22. The average Bonchev–Trinajstić information content (AvgIpc) is 2.62. The highest BCUT2D eigenvalue weighted by atomic mass is 32.2. The maximum atomic E-state index is 11.9. The molecule has 0 spiro atoms. The number of rotatable bonds is 4. The van der Waals surface area contributed by atoms with E-state index in [1.807, 2.05) is 0 Å². The SMILES string of the molecule is CC(C(=O)O)N(C)S(=O)(=O)c1cnn(C)c1. The lowest BCUT2D eigenvalue weighted by atomic mass is 10.4. The number of carbonyl (C=O) groups is 1. The van der Waals surface area contributed by atoms with E-state index in [1.165, 1.54) is 31.0 Å². The van der Waals surface area contributed by atoms with E-state index in [1.54, 1.807) is 7.05 Å². The van der Waals surface area contributed by atoms with Gasteiger partial charge in [-0.25, -0.2) is 8.42 Å². The zero-order chi connectivity index (χ0) is 12.5. The number of hydrogen-bond donors (Lipinski definition) is 1. The van der Waals surface area contributed by atoms with Crippen LogP contribution in [0.1, 0.15) is 6.92 Å². The van der Waals surface area contributed by atoms with Gasteiger partial charge in [0.15, 0.2) is 0 Å². The molecule has 0 saturated carbocycles. The third-order valence-corrected chi connectivity index (χ3v) is 4.14. The van der Waals surface area contributed by atoms with Crippen LogP contribution in [0.25, 0.3) is 0 Å². The Morgan fingerprint density at radius 3 is 2.56 bits per heavy atom. The minimum absolute atomic E-state index is 0.0226. The van der Waals surface area contributed by atoms with Crippen molar-refractivity contribution >= 4 is 16.0 Å². The molecule has 1 aromatic heterocycles. The maximum absolute atomic E-state index is 11.9. The smallest absolute Gasteiger partial charge is 0.321 e. The molecule has 1 atom stereocenters. The fraction of sp³-hybridized carbons (Fsp3) is 0.500. The molecular formula is C8H13N3O4S. The van der Waals surface area contributed by atoms with Crippen molar-refractivity contribution in [2.45, 2.75) is 17.9 Å². The molecule has 1 unspecified atom stereocenters. The predicted octanol–water partition coefficient (Wildman–Crippen LogP) is -0.486. The molecule has 0 fully saturated rings. The van der Waals surface area contributed by atoms with Crippen LogP contribution in [0.5, 0.6) is 0 Å². The number of aliphatic carboxylic acids is 1. The van der Waals surface area contributed by atoms with Crippen LogP contribution in [0.4, 0.5) is 0 Å². The molecule has 0 aromatic carbocycles. The summed E-state index contributed by atoms with van der Waals surface area (Å²) in [6.07, 6.45) is 2.50. The lowest BCUT2D eigenvalue weighted by Gasteiger charge is -2.19. The van der Waals surface area contributed by atoms with Gasteiger partial charge in [0.1, 0.15) is 10.9 Å². The second kappa shape index (κ2) is 4.22. The number of nitrogens with zero attached hydrogens (tertiary/aromatic N) is 3. The van der Waals surface area contributed by atoms with E-state index in [0.29, 0.717) is 0 Å². The number of carboxylic acid groups (broad SMARTS) is 1. The molecule has 0 amide bonds. The maximum Gasteiger partial charge on any atom is 0.321 e. The van der Waals surface area contributed by atoms with E-state index in [0.717, 1.165) is 4.31 Å². The Labute approximate surface area is 93.3 Å². The third-order valence-electron chi connectivity index (χ3n) is 2.26. The van der Waals surface area contributed by atoms with Crippen molar-refractivity contribution in [3.63, 3.8) is 0 Å². The minimum Gasteiger partial charge on any atom is -0.480 e. The van der Waals surface area contributed by atoms with Gasteiger partial charge in [0.2, 0.25) is 10.0 Å². The van der Waals surface area contributed by atoms with Gasteiger partial charge in [-0.05, 0) is 6.92 Å². The molecule has 0 bridgehead atoms. The van der Waals surface area contributed by atoms with Crippen molar-refractivity contribution in [1.29, 1.82) is 0 Å². The average molecular weight is 247 g/mol. The fourth-order valence-electron chi connectivity index (χ4n) is 1.06. The van der Waals surface area contributed by atoms with Gasteiger partial charge < -0.3 is 5.11 Å². The molecule has 0 radical (unpaired) electrons. The van der Waals surface area contributed by atoms with Gasteiger partial charge in [-0.1, -0.05) is 0 Å². The van der Waals surface area contributed by atoms with E-state index >= 15 is 0 Å². The van der Waals surface area contributed by atoms with Crippen LogP contribution >= 0.6 is 0 Å². The molecule has 16 heavy (non-hydrogen) atoms. The molecule has 1 aromatic rings. The first-order valence-corrected chi connectivity index (χ1v) is 5.90. The molecule has 8 heteroatoms. The molecule has 7 nitrogen and oxygen atoms in total. The number of likely N-dealkylation sites (N-methyl/N-ethyl adjacent to an activating group) is 1. The lowest BCUT2D eigenvalue weighted by Crippen LogP contribution is -2.40. The van der Waals surface area contributed by atoms with Crippen molar-refractivity contribution < 1.29 is 18.3 Å². The summed E-state index contributed by atoms with van der Waals surface area (Å²) in [5.41, 5.74) is 0. The number of sulfonamides is 1. The predicted molar refractivity (Wildman–Crippen MR) is 55.3 cm³/mol. The van der Waals surface area contributed by atoms with Crippen LogP contribution in [0.2, 0.25) is 0 Å². The van der Waals surface area contributed by atoms with Crippen LogP contribution in [0.3, 0.4) is 0 Å². The van der Waals surface area contributed by atoms with Gasteiger partial charge in [0.25, 0.3) is 0 Å². The van der Waals surface area contributed by atoms with Gasteiger partial charge in [-0.2, -0.15) is 9.40 Å². The Morgan fingerprint density at radius 1 is 1.62 bits per heavy atom. The van der Waals surface area contributed by atoms with Crippen molar-refractivity contribution in [3.8, 4) is 0 Å². The summed E-state index contributed by atoms with van der Waals surface area (Å²) in [5.74, 6) is -1.20. The number of aryl methyl sites for hydroxylation is 1. The highest BCUT2D eigenvalue weighted by Crippen LogP contribution is 2.15. The standard InChI is InChI=1S/C8H13N3O4S/c1-6(8(12)13)11(3)16(14,15)7-4-9-10(2)5-7/h4-6H,1-3H3,(H,12,13). The van der Waals surface area contributed by atoms with Crippen molar-refractivity contribution in [3.05, 3.63) is 12.4 Å². The first-order chi connectivity index (χ1) is 7.26. The number of aromatic nitrogens is 2. The van der Waals surface area contributed by atoms with Gasteiger partial charge in [0, 0.05) is 20.3 Å².